The van der Waals surface area contributed by atoms with E-state index >= 15 is 0 Å². The average Bonchev–Trinajstić information content (AvgIpc) is 2.58. The van der Waals surface area contributed by atoms with Crippen LogP contribution in [0.25, 0.3) is 6.08 Å². The molecule has 1 N–H and O–H groups in total. The van der Waals surface area contributed by atoms with Crippen molar-refractivity contribution in [3.63, 3.8) is 0 Å². The van der Waals surface area contributed by atoms with E-state index < -0.39 is 6.10 Å². The zero-order chi connectivity index (χ0) is 16.3. The Kier molecular flexibility index (Phi) is 8.04. The van der Waals surface area contributed by atoms with Crippen molar-refractivity contribution < 1.29 is 9.84 Å². The fourth-order valence-corrected chi connectivity index (χ4v) is 2.69. The van der Waals surface area contributed by atoms with Crippen molar-refractivity contribution in [3.8, 4) is 0 Å². The van der Waals surface area contributed by atoms with Crippen LogP contribution in [0.1, 0.15) is 5.56 Å². The molecule has 0 aliphatic carbocycles. The monoisotopic (exact) mass is 316 g/mol. The third-order valence-corrected chi connectivity index (χ3v) is 3.95. The van der Waals surface area contributed by atoms with Gasteiger partial charge in [0.2, 0.25) is 0 Å². The van der Waals surface area contributed by atoms with Gasteiger partial charge in [0.1, 0.15) is 0 Å². The van der Waals surface area contributed by atoms with Crippen molar-refractivity contribution in [1.29, 1.82) is 0 Å². The summed E-state index contributed by atoms with van der Waals surface area (Å²) in [5.74, 6) is 0. The van der Waals surface area contributed by atoms with Crippen LogP contribution in [0, 0.1) is 0 Å². The quantitative estimate of drug-likeness (QED) is 0.557. The first-order valence-corrected chi connectivity index (χ1v) is 8.31. The number of benzene rings is 1. The topological polar surface area (TPSA) is 35.9 Å². The van der Waals surface area contributed by atoms with Gasteiger partial charge in [0.05, 0.1) is 19.3 Å². The maximum atomic E-state index is 9.94. The number of ether oxygens (including phenoxy) is 1. The van der Waals surface area contributed by atoms with Crippen LogP contribution in [-0.2, 0) is 4.74 Å². The van der Waals surface area contributed by atoms with Gasteiger partial charge in [-0.15, -0.1) is 6.58 Å². The standard InChI is InChI=1S/C19H28N2O2/c1-2-15-23-17-19(22)16-21-13-11-20(12-14-21)10-6-9-18-7-4-3-5-8-18/h2-9,19,22H,1,10-17H2/b9-6-. The van der Waals surface area contributed by atoms with Crippen molar-refractivity contribution >= 4 is 6.08 Å². The number of nitrogens with zero attached hydrogens (tertiary/aromatic N) is 2. The van der Waals surface area contributed by atoms with Crippen molar-refractivity contribution in [3.05, 3.63) is 54.6 Å². The Morgan fingerprint density at radius 1 is 1.13 bits per heavy atom. The lowest BCUT2D eigenvalue weighted by Gasteiger charge is -2.35. The lowest BCUT2D eigenvalue weighted by molar-refractivity contribution is 0.0159. The number of aliphatic hydroxyl groups excluding tert-OH is 1. The summed E-state index contributed by atoms with van der Waals surface area (Å²) in [7, 11) is 0. The molecule has 1 unspecified atom stereocenters. The fourth-order valence-electron chi connectivity index (χ4n) is 2.69. The highest BCUT2D eigenvalue weighted by atomic mass is 16.5. The number of rotatable bonds is 9. The van der Waals surface area contributed by atoms with E-state index in [-0.39, 0.29) is 0 Å². The lowest BCUT2D eigenvalue weighted by Crippen LogP contribution is -2.49. The summed E-state index contributed by atoms with van der Waals surface area (Å²) in [6.07, 6.45) is 5.68. The number of β-amino-alcohol motifs (C(OH)–C–C–N with tert-alkyl or cyclic N) is 1. The Morgan fingerprint density at radius 2 is 1.83 bits per heavy atom. The molecule has 4 nitrogen and oxygen atoms in total. The first-order chi connectivity index (χ1) is 11.3. The molecule has 0 aromatic heterocycles. The molecular weight excluding hydrogens is 288 g/mol. The molecule has 1 atom stereocenters. The van der Waals surface area contributed by atoms with E-state index in [4.69, 9.17) is 4.74 Å². The van der Waals surface area contributed by atoms with Crippen LogP contribution >= 0.6 is 0 Å². The first kappa shape index (κ1) is 17.9. The smallest absolute Gasteiger partial charge is 0.0900 e. The van der Waals surface area contributed by atoms with E-state index in [2.05, 4.69) is 52.8 Å². The van der Waals surface area contributed by atoms with Gasteiger partial charge in [0.15, 0.2) is 0 Å². The van der Waals surface area contributed by atoms with E-state index in [1.54, 1.807) is 6.08 Å². The van der Waals surface area contributed by atoms with Gasteiger partial charge in [-0.2, -0.15) is 0 Å². The van der Waals surface area contributed by atoms with Gasteiger partial charge < -0.3 is 9.84 Å². The van der Waals surface area contributed by atoms with Gasteiger partial charge in [0, 0.05) is 39.3 Å². The molecule has 1 aromatic rings. The van der Waals surface area contributed by atoms with Gasteiger partial charge in [-0.3, -0.25) is 9.80 Å². The van der Waals surface area contributed by atoms with E-state index in [0.717, 1.165) is 32.7 Å². The third kappa shape index (κ3) is 7.10. The minimum Gasteiger partial charge on any atom is -0.389 e. The SMILES string of the molecule is C=CCOCC(O)CN1CCN(C/C=C\c2ccccc2)CC1. The lowest BCUT2D eigenvalue weighted by atomic mass is 10.2. The number of piperazine rings is 1. The van der Waals surface area contributed by atoms with E-state index in [9.17, 15) is 5.11 Å². The Morgan fingerprint density at radius 3 is 2.52 bits per heavy atom. The number of hydrogen-bond acceptors (Lipinski definition) is 4. The molecule has 0 spiro atoms. The maximum absolute atomic E-state index is 9.94. The summed E-state index contributed by atoms with van der Waals surface area (Å²) >= 11 is 0. The highest BCUT2D eigenvalue weighted by Gasteiger charge is 2.18. The van der Waals surface area contributed by atoms with Crippen LogP contribution < -0.4 is 0 Å². The summed E-state index contributed by atoms with van der Waals surface area (Å²) in [6, 6.07) is 10.4. The minimum absolute atomic E-state index is 0.381. The summed E-state index contributed by atoms with van der Waals surface area (Å²) in [5.41, 5.74) is 1.24. The summed E-state index contributed by atoms with van der Waals surface area (Å²) < 4.78 is 5.29. The second-order valence-corrected chi connectivity index (χ2v) is 5.89. The largest absolute Gasteiger partial charge is 0.389 e. The van der Waals surface area contributed by atoms with E-state index in [1.807, 2.05) is 6.07 Å². The van der Waals surface area contributed by atoms with Crippen molar-refractivity contribution in [2.24, 2.45) is 0 Å². The molecule has 126 valence electrons. The normalized spacial score (nSPS) is 18.3. The maximum Gasteiger partial charge on any atom is 0.0900 e. The molecule has 1 aromatic carbocycles. The molecule has 0 amide bonds. The molecule has 1 aliphatic heterocycles. The van der Waals surface area contributed by atoms with E-state index in [1.165, 1.54) is 5.56 Å². The first-order valence-electron chi connectivity index (χ1n) is 8.31. The minimum atomic E-state index is -0.417. The Balaban J connectivity index is 1.62. The predicted molar refractivity (Wildman–Crippen MR) is 95.4 cm³/mol. The van der Waals surface area contributed by atoms with Crippen LogP contribution in [0.2, 0.25) is 0 Å². The molecule has 4 heteroatoms. The average molecular weight is 316 g/mol. The molecule has 2 rings (SSSR count). The van der Waals surface area contributed by atoms with Gasteiger partial charge in [-0.25, -0.2) is 0 Å². The van der Waals surface area contributed by atoms with Crippen LogP contribution in [0.15, 0.2) is 49.1 Å². The summed E-state index contributed by atoms with van der Waals surface area (Å²) in [6.45, 7) is 10.2. The van der Waals surface area contributed by atoms with Crippen molar-refractivity contribution in [2.75, 3.05) is 52.5 Å². The zero-order valence-electron chi connectivity index (χ0n) is 13.8. The highest BCUT2D eigenvalue weighted by Crippen LogP contribution is 2.05. The third-order valence-electron chi connectivity index (χ3n) is 3.95. The van der Waals surface area contributed by atoms with Crippen molar-refractivity contribution in [2.45, 2.75) is 6.10 Å². The van der Waals surface area contributed by atoms with Gasteiger partial charge in [0.25, 0.3) is 0 Å². The number of hydrogen-bond donors (Lipinski definition) is 1. The van der Waals surface area contributed by atoms with E-state index in [0.29, 0.717) is 19.8 Å². The predicted octanol–water partition coefficient (Wildman–Crippen LogP) is 1.88. The fraction of sp³-hybridized carbons (Fsp3) is 0.474. The van der Waals surface area contributed by atoms with Crippen LogP contribution in [-0.4, -0.2) is 73.5 Å². The zero-order valence-corrected chi connectivity index (χ0v) is 13.8. The summed E-state index contributed by atoms with van der Waals surface area (Å²) in [5, 5.41) is 9.94. The Bertz CT molecular complexity index is 468. The molecule has 0 saturated carbocycles. The van der Waals surface area contributed by atoms with Gasteiger partial charge >= 0.3 is 0 Å². The van der Waals surface area contributed by atoms with Gasteiger partial charge in [-0.05, 0) is 5.56 Å². The molecular formula is C19H28N2O2. The van der Waals surface area contributed by atoms with Gasteiger partial charge in [-0.1, -0.05) is 48.6 Å². The van der Waals surface area contributed by atoms with Crippen molar-refractivity contribution in [1.82, 2.24) is 9.80 Å². The molecule has 1 heterocycles. The molecule has 1 fully saturated rings. The van der Waals surface area contributed by atoms with Crippen LogP contribution in [0.5, 0.6) is 0 Å². The molecule has 1 aliphatic rings. The van der Waals surface area contributed by atoms with Crippen LogP contribution in [0.3, 0.4) is 0 Å². The second kappa shape index (κ2) is 10.3. The second-order valence-electron chi connectivity index (χ2n) is 5.89. The highest BCUT2D eigenvalue weighted by molar-refractivity contribution is 5.48. The number of aliphatic hydroxyl groups is 1. The Labute approximate surface area is 139 Å². The summed E-state index contributed by atoms with van der Waals surface area (Å²) in [4.78, 5) is 4.75. The molecule has 23 heavy (non-hydrogen) atoms. The Hall–Kier alpha value is -1.46. The molecule has 0 bridgehead atoms. The molecule has 1 saturated heterocycles. The van der Waals surface area contributed by atoms with Crippen LogP contribution in [0.4, 0.5) is 0 Å². The molecule has 0 radical (unpaired) electrons.